The van der Waals surface area contributed by atoms with Gasteiger partial charge >= 0.3 is 0 Å². The van der Waals surface area contributed by atoms with Gasteiger partial charge in [-0.3, -0.25) is 0 Å². The average Bonchev–Trinajstić information content (AvgIpc) is 2.82. The van der Waals surface area contributed by atoms with E-state index < -0.39 is 0 Å². The predicted octanol–water partition coefficient (Wildman–Crippen LogP) is 2.03. The molecule has 0 spiro atoms. The lowest BCUT2D eigenvalue weighted by atomic mass is 10.1. The smallest absolute Gasteiger partial charge is 0.0991 e. The molecule has 0 bridgehead atoms. The number of nitrogens with zero attached hydrogens (tertiary/aromatic N) is 2. The van der Waals surface area contributed by atoms with Crippen molar-refractivity contribution in [2.45, 2.75) is 6.42 Å². The van der Waals surface area contributed by atoms with E-state index in [1.165, 1.54) is 0 Å². The van der Waals surface area contributed by atoms with Crippen molar-refractivity contribution in [1.29, 1.82) is 5.26 Å². The van der Waals surface area contributed by atoms with Crippen molar-refractivity contribution in [3.63, 3.8) is 0 Å². The van der Waals surface area contributed by atoms with Crippen molar-refractivity contribution < 1.29 is 4.74 Å². The lowest BCUT2D eigenvalue weighted by Crippen LogP contribution is -2.25. The van der Waals surface area contributed by atoms with Gasteiger partial charge < -0.3 is 9.64 Å². The highest BCUT2D eigenvalue weighted by atomic mass is 16.5. The highest BCUT2D eigenvalue weighted by Crippen LogP contribution is 2.18. The summed E-state index contributed by atoms with van der Waals surface area (Å²) in [7, 11) is 2.08. The van der Waals surface area contributed by atoms with Crippen LogP contribution in [0.3, 0.4) is 0 Å². The Hall–Kier alpha value is -1.53. The van der Waals surface area contributed by atoms with Gasteiger partial charge in [0.15, 0.2) is 0 Å². The van der Waals surface area contributed by atoms with Gasteiger partial charge in [-0.2, -0.15) is 5.26 Å². The molecule has 0 aromatic heterocycles. The summed E-state index contributed by atoms with van der Waals surface area (Å²) in [5.74, 6) is 0.639. The van der Waals surface area contributed by atoms with Crippen molar-refractivity contribution in [1.82, 2.24) is 0 Å². The van der Waals surface area contributed by atoms with Crippen LogP contribution in [-0.4, -0.2) is 26.8 Å². The Morgan fingerprint density at radius 1 is 1.44 bits per heavy atom. The lowest BCUT2D eigenvalue weighted by molar-refractivity contribution is 0.186. The van der Waals surface area contributed by atoms with Gasteiger partial charge in [0.05, 0.1) is 18.2 Å². The Balaban J connectivity index is 1.97. The molecule has 0 aliphatic carbocycles. The molecule has 1 aliphatic rings. The molecule has 1 heterocycles. The maximum Gasteiger partial charge on any atom is 0.0991 e. The minimum atomic E-state index is 0.639. The van der Waals surface area contributed by atoms with Crippen LogP contribution in [0.1, 0.15) is 12.0 Å². The summed E-state index contributed by atoms with van der Waals surface area (Å²) in [5, 5.41) is 8.72. The second kappa shape index (κ2) is 5.00. The summed E-state index contributed by atoms with van der Waals surface area (Å²) in [6, 6.07) is 9.83. The van der Waals surface area contributed by atoms with Gasteiger partial charge in [-0.05, 0) is 30.7 Å². The van der Waals surface area contributed by atoms with Crippen molar-refractivity contribution in [2.75, 3.05) is 31.7 Å². The second-order valence-corrected chi connectivity index (χ2v) is 4.27. The Labute approximate surface area is 96.2 Å². The molecule has 0 N–H and O–H groups in total. The van der Waals surface area contributed by atoms with Gasteiger partial charge in [-0.25, -0.2) is 0 Å². The molecule has 16 heavy (non-hydrogen) atoms. The number of rotatable bonds is 3. The number of hydrogen-bond donors (Lipinski definition) is 0. The van der Waals surface area contributed by atoms with E-state index in [0.29, 0.717) is 11.5 Å². The van der Waals surface area contributed by atoms with Crippen molar-refractivity contribution in [3.8, 4) is 6.07 Å². The zero-order valence-electron chi connectivity index (χ0n) is 9.52. The third-order valence-electron chi connectivity index (χ3n) is 2.99. The zero-order chi connectivity index (χ0) is 11.4. The number of nitriles is 1. The van der Waals surface area contributed by atoms with Crippen LogP contribution in [0, 0.1) is 17.2 Å². The largest absolute Gasteiger partial charge is 0.381 e. The fourth-order valence-corrected chi connectivity index (χ4v) is 2.01. The van der Waals surface area contributed by atoms with Crippen molar-refractivity contribution in [3.05, 3.63) is 29.8 Å². The van der Waals surface area contributed by atoms with Crippen LogP contribution in [0.2, 0.25) is 0 Å². The van der Waals surface area contributed by atoms with Gasteiger partial charge in [0.2, 0.25) is 0 Å². The minimum Gasteiger partial charge on any atom is -0.381 e. The summed E-state index contributed by atoms with van der Waals surface area (Å²) in [6.45, 7) is 2.79. The van der Waals surface area contributed by atoms with Gasteiger partial charge in [0.25, 0.3) is 0 Å². The topological polar surface area (TPSA) is 36.3 Å². The van der Waals surface area contributed by atoms with Crippen LogP contribution in [0.15, 0.2) is 24.3 Å². The first-order valence-electron chi connectivity index (χ1n) is 5.58. The van der Waals surface area contributed by atoms with E-state index in [9.17, 15) is 0 Å². The lowest BCUT2D eigenvalue weighted by Gasteiger charge is -2.22. The quantitative estimate of drug-likeness (QED) is 0.775. The molecule has 0 amide bonds. The molecule has 1 atom stereocenters. The molecule has 84 valence electrons. The summed E-state index contributed by atoms with van der Waals surface area (Å²) in [5.41, 5.74) is 1.87. The minimum absolute atomic E-state index is 0.639. The molecular formula is C13H16N2O. The Morgan fingerprint density at radius 2 is 2.19 bits per heavy atom. The van der Waals surface area contributed by atoms with Crippen LogP contribution >= 0.6 is 0 Å². The molecule has 1 fully saturated rings. The highest BCUT2D eigenvalue weighted by molar-refractivity contribution is 5.49. The maximum atomic E-state index is 8.72. The third kappa shape index (κ3) is 2.53. The third-order valence-corrected chi connectivity index (χ3v) is 2.99. The number of ether oxygens (including phenoxy) is 1. The highest BCUT2D eigenvalue weighted by Gasteiger charge is 2.17. The summed E-state index contributed by atoms with van der Waals surface area (Å²) in [4.78, 5) is 2.22. The summed E-state index contributed by atoms with van der Waals surface area (Å²) >= 11 is 0. The molecule has 3 nitrogen and oxygen atoms in total. The zero-order valence-corrected chi connectivity index (χ0v) is 9.52. The first-order chi connectivity index (χ1) is 7.79. The van der Waals surface area contributed by atoms with Gasteiger partial charge in [0, 0.05) is 31.8 Å². The molecule has 1 aliphatic heterocycles. The van der Waals surface area contributed by atoms with Gasteiger partial charge in [0.1, 0.15) is 0 Å². The first-order valence-corrected chi connectivity index (χ1v) is 5.58. The van der Waals surface area contributed by atoms with E-state index in [1.54, 1.807) is 0 Å². The molecule has 1 unspecified atom stereocenters. The Kier molecular flexibility index (Phi) is 3.43. The molecule has 0 radical (unpaired) electrons. The molecule has 1 aromatic carbocycles. The monoisotopic (exact) mass is 216 g/mol. The van der Waals surface area contributed by atoms with Crippen molar-refractivity contribution >= 4 is 5.69 Å². The van der Waals surface area contributed by atoms with E-state index in [-0.39, 0.29) is 0 Å². The van der Waals surface area contributed by atoms with E-state index in [0.717, 1.165) is 31.9 Å². The van der Waals surface area contributed by atoms with Gasteiger partial charge in [-0.15, -0.1) is 0 Å². The molecule has 1 saturated heterocycles. The van der Waals surface area contributed by atoms with Crippen LogP contribution in [-0.2, 0) is 4.74 Å². The molecular weight excluding hydrogens is 200 g/mol. The fraction of sp³-hybridized carbons (Fsp3) is 0.462. The van der Waals surface area contributed by atoms with E-state index in [1.807, 2.05) is 24.3 Å². The van der Waals surface area contributed by atoms with E-state index in [4.69, 9.17) is 10.00 Å². The van der Waals surface area contributed by atoms with Crippen molar-refractivity contribution in [2.24, 2.45) is 5.92 Å². The van der Waals surface area contributed by atoms with Crippen LogP contribution in [0.4, 0.5) is 5.69 Å². The predicted molar refractivity (Wildman–Crippen MR) is 63.4 cm³/mol. The van der Waals surface area contributed by atoms with E-state index >= 15 is 0 Å². The fourth-order valence-electron chi connectivity index (χ4n) is 2.01. The van der Waals surface area contributed by atoms with Crippen LogP contribution in [0.5, 0.6) is 0 Å². The number of benzene rings is 1. The van der Waals surface area contributed by atoms with Crippen LogP contribution < -0.4 is 4.90 Å². The standard InChI is InChI=1S/C13H16N2O/c1-15(9-12-6-7-16-10-12)13-4-2-11(8-14)3-5-13/h2-5,12H,6-7,9-10H2,1H3. The number of hydrogen-bond acceptors (Lipinski definition) is 3. The Morgan fingerprint density at radius 3 is 2.75 bits per heavy atom. The van der Waals surface area contributed by atoms with E-state index in [2.05, 4.69) is 18.0 Å². The SMILES string of the molecule is CN(CC1CCOC1)c1ccc(C#N)cc1. The second-order valence-electron chi connectivity index (χ2n) is 4.27. The molecule has 1 aromatic rings. The normalized spacial score (nSPS) is 19.4. The molecule has 2 rings (SSSR count). The average molecular weight is 216 g/mol. The first kappa shape index (κ1) is 11.0. The number of anilines is 1. The van der Waals surface area contributed by atoms with Crippen LogP contribution in [0.25, 0.3) is 0 Å². The van der Waals surface area contributed by atoms with Gasteiger partial charge in [-0.1, -0.05) is 0 Å². The summed E-state index contributed by atoms with van der Waals surface area (Å²) < 4.78 is 5.36. The molecule has 0 saturated carbocycles. The Bertz CT molecular complexity index is 374. The summed E-state index contributed by atoms with van der Waals surface area (Å²) in [6.07, 6.45) is 1.15. The maximum absolute atomic E-state index is 8.72. The molecule has 3 heteroatoms.